The van der Waals surface area contributed by atoms with Gasteiger partial charge in [-0.15, -0.1) is 0 Å². The van der Waals surface area contributed by atoms with E-state index in [1.54, 1.807) is 18.2 Å². The molecule has 2 rings (SSSR count). The molecular weight excluding hydrogens is 296 g/mol. The summed E-state index contributed by atoms with van der Waals surface area (Å²) in [5.41, 5.74) is -0.197. The number of carbonyl (C=O) groups is 1. The number of rotatable bonds is 5. The number of sulfone groups is 1. The van der Waals surface area contributed by atoms with Gasteiger partial charge in [-0.25, -0.2) is 8.42 Å². The van der Waals surface area contributed by atoms with Gasteiger partial charge in [0.25, 0.3) is 11.5 Å². The smallest absolute Gasteiger partial charge is 0.261 e. The molecule has 0 aliphatic carbocycles. The number of hydrogen-bond donors (Lipinski definition) is 2. The lowest BCUT2D eigenvalue weighted by molar-refractivity contribution is 0.0954. The van der Waals surface area contributed by atoms with E-state index in [4.69, 9.17) is 4.42 Å². The molecule has 0 spiro atoms. The maximum Gasteiger partial charge on any atom is 0.261 e. The van der Waals surface area contributed by atoms with Crippen LogP contribution in [0.15, 0.2) is 39.7 Å². The zero-order chi connectivity index (χ0) is 15.5. The third-order valence-electron chi connectivity index (χ3n) is 2.70. The van der Waals surface area contributed by atoms with Crippen LogP contribution in [0.1, 0.15) is 10.4 Å². The first kappa shape index (κ1) is 15.0. The zero-order valence-corrected chi connectivity index (χ0v) is 12.1. The highest BCUT2D eigenvalue weighted by Gasteiger charge is 2.12. The van der Waals surface area contributed by atoms with Crippen molar-refractivity contribution in [2.75, 3.05) is 18.6 Å². The number of amides is 1. The van der Waals surface area contributed by atoms with Crippen LogP contribution in [0, 0.1) is 0 Å². The molecule has 2 aromatic rings. The van der Waals surface area contributed by atoms with Crippen molar-refractivity contribution in [3.05, 3.63) is 46.4 Å². The van der Waals surface area contributed by atoms with Crippen molar-refractivity contribution in [2.24, 2.45) is 0 Å². The molecule has 21 heavy (non-hydrogen) atoms. The van der Waals surface area contributed by atoms with Crippen LogP contribution in [0.4, 0.5) is 0 Å². The third kappa shape index (κ3) is 4.06. The van der Waals surface area contributed by atoms with Crippen LogP contribution in [0.5, 0.6) is 0 Å². The summed E-state index contributed by atoms with van der Waals surface area (Å²) in [6, 6.07) is 6.27. The summed E-state index contributed by atoms with van der Waals surface area (Å²) in [4.78, 5) is 26.2. The molecule has 2 heterocycles. The van der Waals surface area contributed by atoms with Crippen molar-refractivity contribution in [3.8, 4) is 11.5 Å². The summed E-state index contributed by atoms with van der Waals surface area (Å²) >= 11 is 0. The first-order chi connectivity index (χ1) is 9.87. The highest BCUT2D eigenvalue weighted by molar-refractivity contribution is 7.90. The average Bonchev–Trinajstić information content (AvgIpc) is 2.90. The Morgan fingerprint density at radius 3 is 2.67 bits per heavy atom. The molecule has 0 atom stereocenters. The summed E-state index contributed by atoms with van der Waals surface area (Å²) in [6.45, 7) is -0.0446. The van der Waals surface area contributed by atoms with Crippen LogP contribution in [0.25, 0.3) is 11.5 Å². The summed E-state index contributed by atoms with van der Waals surface area (Å²) < 4.78 is 27.1. The molecule has 7 nitrogen and oxygen atoms in total. The van der Waals surface area contributed by atoms with Crippen molar-refractivity contribution < 1.29 is 17.6 Å². The molecule has 0 aliphatic rings. The number of carbonyl (C=O) groups excluding carboxylic acids is 1. The number of furan rings is 1. The molecule has 8 heteroatoms. The third-order valence-corrected chi connectivity index (χ3v) is 3.64. The van der Waals surface area contributed by atoms with E-state index < -0.39 is 21.3 Å². The van der Waals surface area contributed by atoms with E-state index in [-0.39, 0.29) is 17.9 Å². The van der Waals surface area contributed by atoms with Crippen molar-refractivity contribution in [1.82, 2.24) is 10.3 Å². The predicted octanol–water partition coefficient (Wildman–Crippen LogP) is 0.409. The topological polar surface area (TPSA) is 109 Å². The second kappa shape index (κ2) is 5.96. The van der Waals surface area contributed by atoms with Gasteiger partial charge in [0.05, 0.1) is 17.7 Å². The van der Waals surface area contributed by atoms with Crippen LogP contribution in [-0.2, 0) is 9.84 Å². The van der Waals surface area contributed by atoms with E-state index in [1.807, 2.05) is 0 Å². The molecule has 0 radical (unpaired) electrons. The Kier molecular flexibility index (Phi) is 4.27. The van der Waals surface area contributed by atoms with Crippen LogP contribution >= 0.6 is 0 Å². The van der Waals surface area contributed by atoms with Crippen LogP contribution < -0.4 is 10.9 Å². The SMILES string of the molecule is CS(=O)(=O)CCNC(=O)c1ccc(-c2ccco2)[nH]c1=O. The molecule has 0 aromatic carbocycles. The lowest BCUT2D eigenvalue weighted by atomic mass is 10.2. The molecule has 2 aromatic heterocycles. The molecule has 0 fully saturated rings. The Hall–Kier alpha value is -2.35. The van der Waals surface area contributed by atoms with Crippen molar-refractivity contribution in [3.63, 3.8) is 0 Å². The fourth-order valence-corrected chi connectivity index (χ4v) is 2.15. The number of aromatic nitrogens is 1. The largest absolute Gasteiger partial charge is 0.463 e. The lowest BCUT2D eigenvalue weighted by Gasteiger charge is -2.04. The van der Waals surface area contributed by atoms with Gasteiger partial charge in [0.1, 0.15) is 21.2 Å². The first-order valence-corrected chi connectivity index (χ1v) is 8.16. The Balaban J connectivity index is 2.10. The minimum absolute atomic E-state index is 0.0446. The molecule has 0 saturated carbocycles. The van der Waals surface area contributed by atoms with E-state index >= 15 is 0 Å². The van der Waals surface area contributed by atoms with Gasteiger partial charge >= 0.3 is 0 Å². The van der Waals surface area contributed by atoms with E-state index in [2.05, 4.69) is 10.3 Å². The Morgan fingerprint density at radius 2 is 2.10 bits per heavy atom. The molecule has 2 N–H and O–H groups in total. The van der Waals surface area contributed by atoms with Crippen molar-refractivity contribution >= 4 is 15.7 Å². The molecular formula is C13H14N2O5S. The Labute approximate surface area is 120 Å². The van der Waals surface area contributed by atoms with Crippen molar-refractivity contribution in [2.45, 2.75) is 0 Å². The summed E-state index contributed by atoms with van der Waals surface area (Å²) in [7, 11) is -3.16. The van der Waals surface area contributed by atoms with Gasteiger partial charge in [-0.1, -0.05) is 0 Å². The van der Waals surface area contributed by atoms with Crippen LogP contribution in [0.2, 0.25) is 0 Å². The average molecular weight is 310 g/mol. The molecule has 112 valence electrons. The fourth-order valence-electron chi connectivity index (χ4n) is 1.67. The van der Waals surface area contributed by atoms with E-state index in [0.29, 0.717) is 11.5 Å². The number of hydrogen-bond acceptors (Lipinski definition) is 5. The Morgan fingerprint density at radius 1 is 1.33 bits per heavy atom. The van der Waals surface area contributed by atoms with Gasteiger partial charge < -0.3 is 14.7 Å². The van der Waals surface area contributed by atoms with E-state index in [9.17, 15) is 18.0 Å². The minimum Gasteiger partial charge on any atom is -0.463 e. The molecule has 0 bridgehead atoms. The van der Waals surface area contributed by atoms with Gasteiger partial charge in [-0.05, 0) is 24.3 Å². The second-order valence-electron chi connectivity index (χ2n) is 4.48. The lowest BCUT2D eigenvalue weighted by Crippen LogP contribution is -2.32. The molecule has 0 unspecified atom stereocenters. The van der Waals surface area contributed by atoms with E-state index in [0.717, 1.165) is 6.26 Å². The monoisotopic (exact) mass is 310 g/mol. The molecule has 0 aliphatic heterocycles. The fraction of sp³-hybridized carbons (Fsp3) is 0.231. The highest BCUT2D eigenvalue weighted by Crippen LogP contribution is 2.15. The molecule has 0 saturated heterocycles. The predicted molar refractivity (Wildman–Crippen MR) is 76.8 cm³/mol. The van der Waals surface area contributed by atoms with Gasteiger partial charge in [-0.2, -0.15) is 0 Å². The second-order valence-corrected chi connectivity index (χ2v) is 6.74. The number of aromatic amines is 1. The quantitative estimate of drug-likeness (QED) is 0.831. The normalized spacial score (nSPS) is 11.3. The van der Waals surface area contributed by atoms with Gasteiger partial charge in [0.15, 0.2) is 0 Å². The first-order valence-electron chi connectivity index (χ1n) is 6.10. The van der Waals surface area contributed by atoms with Gasteiger partial charge in [-0.3, -0.25) is 9.59 Å². The maximum atomic E-state index is 11.9. The summed E-state index contributed by atoms with van der Waals surface area (Å²) in [5, 5.41) is 2.39. The van der Waals surface area contributed by atoms with Crippen molar-refractivity contribution in [1.29, 1.82) is 0 Å². The standard InChI is InChI=1S/C13H14N2O5S/c1-21(18,19)8-6-14-12(16)9-4-5-10(15-13(9)17)11-3-2-7-20-11/h2-5,7H,6,8H2,1H3,(H,14,16)(H,15,17). The number of pyridine rings is 1. The van der Waals surface area contributed by atoms with Crippen LogP contribution in [-0.4, -0.2) is 37.9 Å². The minimum atomic E-state index is -3.16. The molecule has 1 amide bonds. The zero-order valence-electron chi connectivity index (χ0n) is 11.3. The maximum absolute atomic E-state index is 11.9. The summed E-state index contributed by atoms with van der Waals surface area (Å²) in [5.74, 6) is -0.316. The van der Waals surface area contributed by atoms with Crippen LogP contribution in [0.3, 0.4) is 0 Å². The Bertz CT molecular complexity index is 790. The number of H-pyrrole nitrogens is 1. The summed E-state index contributed by atoms with van der Waals surface area (Å²) in [6.07, 6.45) is 2.55. The number of nitrogens with one attached hydrogen (secondary N) is 2. The highest BCUT2D eigenvalue weighted by atomic mass is 32.2. The van der Waals surface area contributed by atoms with Gasteiger partial charge in [0.2, 0.25) is 0 Å². The van der Waals surface area contributed by atoms with Gasteiger partial charge in [0, 0.05) is 12.8 Å². The van der Waals surface area contributed by atoms with E-state index in [1.165, 1.54) is 12.3 Å².